The Kier molecular flexibility index (Phi) is 16.8. The van der Waals surface area contributed by atoms with Crippen LogP contribution in [0, 0.1) is 0 Å². The SMILES string of the molecule is N[C@@H](CS)C(=O)O.N[C@@H](CS)C(=O)O.[Zn]. The Morgan fingerprint density at radius 3 is 1.20 bits per heavy atom. The standard InChI is InChI=1S/2C3H7NO2S.Zn/c2*4-2(1-7)3(5)6;/h2*2,7H,1,4H2,(H,5,6);/t2*2-;/m00./s1. The summed E-state index contributed by atoms with van der Waals surface area (Å²) in [6.07, 6.45) is 0. The van der Waals surface area contributed by atoms with Gasteiger partial charge in [0.05, 0.1) is 0 Å². The van der Waals surface area contributed by atoms with E-state index in [0.717, 1.165) is 0 Å². The molecule has 0 radical (unpaired) electrons. The summed E-state index contributed by atoms with van der Waals surface area (Å²) in [7, 11) is 0. The first-order valence-electron chi connectivity index (χ1n) is 3.55. The Balaban J connectivity index is -0.000000180. The zero-order chi connectivity index (χ0) is 11.7. The van der Waals surface area contributed by atoms with Gasteiger partial charge in [0.1, 0.15) is 12.1 Å². The van der Waals surface area contributed by atoms with Crippen LogP contribution >= 0.6 is 25.3 Å². The van der Waals surface area contributed by atoms with Crippen molar-refractivity contribution in [3.05, 3.63) is 0 Å². The van der Waals surface area contributed by atoms with Crippen LogP contribution in [0.2, 0.25) is 0 Å². The molecule has 15 heavy (non-hydrogen) atoms. The molecule has 9 heteroatoms. The Bertz CT molecular complexity index is 176. The maximum absolute atomic E-state index is 9.76. The zero-order valence-corrected chi connectivity index (χ0v) is 12.8. The van der Waals surface area contributed by atoms with E-state index in [1.54, 1.807) is 0 Å². The van der Waals surface area contributed by atoms with Gasteiger partial charge in [-0.3, -0.25) is 9.59 Å². The van der Waals surface area contributed by atoms with Crippen LogP contribution in [0.5, 0.6) is 0 Å². The molecule has 2 atom stereocenters. The topological polar surface area (TPSA) is 127 Å². The van der Waals surface area contributed by atoms with E-state index in [1.807, 2.05) is 0 Å². The average Bonchev–Trinajstić information content (AvgIpc) is 2.15. The molecule has 0 amide bonds. The first-order valence-corrected chi connectivity index (χ1v) is 4.81. The average molecular weight is 308 g/mol. The second-order valence-electron chi connectivity index (χ2n) is 2.25. The summed E-state index contributed by atoms with van der Waals surface area (Å²) in [6.45, 7) is 0. The van der Waals surface area contributed by atoms with Crippen molar-refractivity contribution in [2.24, 2.45) is 11.5 Å². The molecule has 0 spiro atoms. The number of thiol groups is 2. The third kappa shape index (κ3) is 14.2. The molecular weight excluding hydrogens is 294 g/mol. The van der Waals surface area contributed by atoms with Crippen molar-refractivity contribution in [1.82, 2.24) is 0 Å². The van der Waals surface area contributed by atoms with Crippen LogP contribution in [-0.2, 0) is 29.1 Å². The number of nitrogens with two attached hydrogens (primary N) is 2. The predicted octanol–water partition coefficient (Wildman–Crippen LogP) is -1.35. The fourth-order valence-corrected chi connectivity index (χ4v) is 0.469. The van der Waals surface area contributed by atoms with Gasteiger partial charge < -0.3 is 21.7 Å². The molecule has 0 aromatic carbocycles. The van der Waals surface area contributed by atoms with Gasteiger partial charge in [-0.05, 0) is 0 Å². The summed E-state index contributed by atoms with van der Waals surface area (Å²) >= 11 is 7.30. The van der Waals surface area contributed by atoms with Crippen LogP contribution in [0.3, 0.4) is 0 Å². The van der Waals surface area contributed by atoms with E-state index >= 15 is 0 Å². The summed E-state index contributed by atoms with van der Waals surface area (Å²) in [4.78, 5) is 19.5. The van der Waals surface area contributed by atoms with Gasteiger partial charge in [0.2, 0.25) is 0 Å². The molecule has 0 aliphatic rings. The molecule has 0 unspecified atom stereocenters. The number of rotatable bonds is 4. The molecule has 0 aliphatic heterocycles. The molecule has 0 aromatic rings. The molecule has 0 saturated carbocycles. The van der Waals surface area contributed by atoms with Gasteiger partial charge in [-0.25, -0.2) is 0 Å². The Morgan fingerprint density at radius 2 is 1.20 bits per heavy atom. The Hall–Kier alpha value is 0.183. The molecule has 0 bridgehead atoms. The van der Waals surface area contributed by atoms with E-state index in [4.69, 9.17) is 21.7 Å². The molecule has 0 fully saturated rings. The molecular formula is C6H14N2O4S2Zn. The van der Waals surface area contributed by atoms with Gasteiger partial charge in [-0.1, -0.05) is 0 Å². The first kappa shape index (κ1) is 20.6. The summed E-state index contributed by atoms with van der Waals surface area (Å²) in [5.74, 6) is -1.63. The fraction of sp³-hybridized carbons (Fsp3) is 0.667. The molecule has 0 rings (SSSR count). The Labute approximate surface area is 111 Å². The smallest absolute Gasteiger partial charge is 0.321 e. The van der Waals surface area contributed by atoms with Crippen molar-refractivity contribution < 1.29 is 39.3 Å². The number of hydrogen-bond acceptors (Lipinski definition) is 6. The van der Waals surface area contributed by atoms with Gasteiger partial charge >= 0.3 is 11.9 Å². The van der Waals surface area contributed by atoms with E-state index < -0.39 is 24.0 Å². The largest absolute Gasteiger partial charge is 0.480 e. The molecule has 0 aromatic heterocycles. The van der Waals surface area contributed by atoms with E-state index in [0.29, 0.717) is 0 Å². The molecule has 6 nitrogen and oxygen atoms in total. The van der Waals surface area contributed by atoms with E-state index in [9.17, 15) is 9.59 Å². The van der Waals surface area contributed by atoms with Crippen molar-refractivity contribution in [3.63, 3.8) is 0 Å². The molecule has 0 aliphatic carbocycles. The monoisotopic (exact) mass is 306 g/mol. The van der Waals surface area contributed by atoms with Gasteiger partial charge in [-0.2, -0.15) is 25.3 Å². The summed E-state index contributed by atoms with van der Waals surface area (Å²) in [5, 5.41) is 16.0. The van der Waals surface area contributed by atoms with Crippen LogP contribution in [0.25, 0.3) is 0 Å². The number of carbonyl (C=O) groups is 2. The summed E-state index contributed by atoms with van der Waals surface area (Å²) in [6, 6.07) is -1.63. The normalized spacial score (nSPS) is 12.5. The number of carboxylic acids is 2. The minimum atomic E-state index is -1.00. The van der Waals surface area contributed by atoms with Gasteiger partial charge in [-0.15, -0.1) is 0 Å². The van der Waals surface area contributed by atoms with Crippen LogP contribution in [0.15, 0.2) is 0 Å². The van der Waals surface area contributed by atoms with Crippen molar-refractivity contribution in [2.45, 2.75) is 12.1 Å². The molecule has 6 N–H and O–H groups in total. The zero-order valence-electron chi connectivity index (χ0n) is 8.04. The quantitative estimate of drug-likeness (QED) is 0.282. The van der Waals surface area contributed by atoms with Crippen molar-refractivity contribution >= 4 is 37.2 Å². The van der Waals surface area contributed by atoms with Crippen molar-refractivity contribution in [2.75, 3.05) is 11.5 Å². The van der Waals surface area contributed by atoms with Crippen molar-refractivity contribution in [3.8, 4) is 0 Å². The van der Waals surface area contributed by atoms with E-state index in [-0.39, 0.29) is 31.0 Å². The minimum Gasteiger partial charge on any atom is -0.480 e. The van der Waals surface area contributed by atoms with Crippen LogP contribution in [0.1, 0.15) is 0 Å². The van der Waals surface area contributed by atoms with Crippen LogP contribution in [0.4, 0.5) is 0 Å². The predicted molar refractivity (Wildman–Crippen MR) is 58.9 cm³/mol. The van der Waals surface area contributed by atoms with Gasteiger partial charge in [0.25, 0.3) is 0 Å². The summed E-state index contributed by atoms with van der Waals surface area (Å²) < 4.78 is 0. The third-order valence-corrected chi connectivity index (χ3v) is 1.81. The van der Waals surface area contributed by atoms with Crippen LogP contribution in [-0.4, -0.2) is 45.7 Å². The van der Waals surface area contributed by atoms with Crippen LogP contribution < -0.4 is 11.5 Å². The third-order valence-electron chi connectivity index (χ3n) is 1.03. The summed E-state index contributed by atoms with van der Waals surface area (Å²) in [5.41, 5.74) is 9.88. The molecule has 86 valence electrons. The number of hydrogen-bond donors (Lipinski definition) is 6. The minimum absolute atomic E-state index is 0. The second-order valence-corrected chi connectivity index (χ2v) is 2.98. The van der Waals surface area contributed by atoms with E-state index in [2.05, 4.69) is 25.3 Å². The van der Waals surface area contributed by atoms with Gasteiger partial charge in [0, 0.05) is 31.0 Å². The second kappa shape index (κ2) is 12.3. The maximum Gasteiger partial charge on any atom is 0.321 e. The maximum atomic E-state index is 9.76. The van der Waals surface area contributed by atoms with Crippen molar-refractivity contribution in [1.29, 1.82) is 0 Å². The fourth-order valence-electron chi connectivity index (χ4n) is 0.156. The van der Waals surface area contributed by atoms with E-state index in [1.165, 1.54) is 0 Å². The first-order chi connectivity index (χ1) is 6.36. The molecule has 0 saturated heterocycles. The number of carboxylic acid groups (broad SMARTS) is 2. The van der Waals surface area contributed by atoms with Gasteiger partial charge in [0.15, 0.2) is 0 Å². The molecule has 0 heterocycles. The number of aliphatic carboxylic acids is 2. The Morgan fingerprint density at radius 1 is 1.00 bits per heavy atom.